The summed E-state index contributed by atoms with van der Waals surface area (Å²) in [6.07, 6.45) is 9.75. The zero-order valence-electron chi connectivity index (χ0n) is 18.2. The van der Waals surface area contributed by atoms with Crippen molar-refractivity contribution in [2.45, 2.75) is 43.8 Å². The van der Waals surface area contributed by atoms with Gasteiger partial charge >= 0.3 is 0 Å². The van der Waals surface area contributed by atoms with Crippen molar-refractivity contribution in [2.75, 3.05) is 26.4 Å². The van der Waals surface area contributed by atoms with Crippen LogP contribution in [0.25, 0.3) is 0 Å². The molecule has 5 rings (SSSR count). The second-order valence-corrected chi connectivity index (χ2v) is 8.88. The summed E-state index contributed by atoms with van der Waals surface area (Å²) in [4.78, 5) is 0. The molecule has 0 bridgehead atoms. The first-order chi connectivity index (χ1) is 15.2. The van der Waals surface area contributed by atoms with Gasteiger partial charge in [0, 0.05) is 11.8 Å². The fraction of sp³-hybridized carbons (Fsp3) is 0.407. The molecule has 0 N–H and O–H groups in total. The van der Waals surface area contributed by atoms with E-state index < -0.39 is 0 Å². The van der Waals surface area contributed by atoms with Gasteiger partial charge in [-0.2, -0.15) is 0 Å². The molecule has 162 valence electrons. The lowest BCUT2D eigenvalue weighted by Gasteiger charge is -2.20. The third kappa shape index (κ3) is 5.20. The van der Waals surface area contributed by atoms with E-state index in [1.54, 1.807) is 0 Å². The van der Waals surface area contributed by atoms with Crippen molar-refractivity contribution < 1.29 is 18.9 Å². The fourth-order valence-corrected chi connectivity index (χ4v) is 3.90. The number of hydrogen-bond acceptors (Lipinski definition) is 4. The molecule has 2 aliphatic heterocycles. The van der Waals surface area contributed by atoms with E-state index in [4.69, 9.17) is 18.9 Å². The molecule has 2 fully saturated rings. The molecule has 31 heavy (non-hydrogen) atoms. The Kier molecular flexibility index (Phi) is 5.84. The summed E-state index contributed by atoms with van der Waals surface area (Å²) in [5, 5.41) is 0. The summed E-state index contributed by atoms with van der Waals surface area (Å²) in [5.41, 5.74) is 3.83. The average molecular weight is 419 g/mol. The summed E-state index contributed by atoms with van der Waals surface area (Å²) in [7, 11) is 0. The second-order valence-electron chi connectivity index (χ2n) is 8.88. The maximum Gasteiger partial charge on any atom is 0.122 e. The maximum atomic E-state index is 6.00. The minimum Gasteiger partial charge on any atom is -0.491 e. The van der Waals surface area contributed by atoms with E-state index in [0.717, 1.165) is 24.7 Å². The Hall–Kier alpha value is -2.56. The summed E-state index contributed by atoms with van der Waals surface area (Å²) in [6, 6.07) is 15.0. The topological polar surface area (TPSA) is 43.5 Å². The monoisotopic (exact) mass is 418 g/mol. The number of benzene rings is 2. The molecule has 2 heterocycles. The van der Waals surface area contributed by atoms with Crippen molar-refractivity contribution in [2.24, 2.45) is 0 Å². The first kappa shape index (κ1) is 20.3. The van der Waals surface area contributed by atoms with Crippen molar-refractivity contribution in [3.05, 3.63) is 83.5 Å². The van der Waals surface area contributed by atoms with E-state index in [2.05, 4.69) is 68.5 Å². The molecule has 2 aromatic rings. The molecule has 3 aliphatic rings. The van der Waals surface area contributed by atoms with Crippen LogP contribution in [-0.2, 0) is 9.47 Å². The van der Waals surface area contributed by atoms with Crippen LogP contribution in [0, 0.1) is 0 Å². The van der Waals surface area contributed by atoms with Gasteiger partial charge in [0.1, 0.15) is 36.9 Å². The van der Waals surface area contributed by atoms with Crippen molar-refractivity contribution in [3.63, 3.8) is 0 Å². The van der Waals surface area contributed by atoms with Gasteiger partial charge in [0.2, 0.25) is 0 Å². The standard InChI is InChI=1S/C27H30O4/c1-18(2)26-13-22(9-12-27(26)31-17-25-16-30-25)21-5-3-19(4-6-21)20-7-10-23(11-8-20)28-14-24-15-29-24/h3-13,18-19,21,24-25H,14-17H2,1-2H3. The zero-order chi connectivity index (χ0) is 21.2. The van der Waals surface area contributed by atoms with Gasteiger partial charge in [0.15, 0.2) is 0 Å². The highest BCUT2D eigenvalue weighted by atomic mass is 16.6. The van der Waals surface area contributed by atoms with Crippen molar-refractivity contribution >= 4 is 0 Å². The molecule has 0 aromatic heterocycles. The second kappa shape index (κ2) is 8.89. The molecular formula is C27H30O4. The van der Waals surface area contributed by atoms with Gasteiger partial charge < -0.3 is 18.9 Å². The number of rotatable bonds is 9. The van der Waals surface area contributed by atoms with E-state index in [0.29, 0.717) is 25.0 Å². The highest BCUT2D eigenvalue weighted by Gasteiger charge is 2.24. The molecule has 0 saturated carbocycles. The summed E-state index contributed by atoms with van der Waals surface area (Å²) >= 11 is 0. The summed E-state index contributed by atoms with van der Waals surface area (Å²) in [6.45, 7) is 7.35. The third-order valence-corrected chi connectivity index (χ3v) is 6.02. The predicted octanol–water partition coefficient (Wildman–Crippen LogP) is 5.36. The Labute approximate surface area is 184 Å². The molecule has 2 unspecified atom stereocenters. The van der Waals surface area contributed by atoms with Crippen LogP contribution < -0.4 is 9.47 Å². The van der Waals surface area contributed by atoms with Crippen LogP contribution in [0.4, 0.5) is 0 Å². The van der Waals surface area contributed by atoms with Gasteiger partial charge in [-0.15, -0.1) is 0 Å². The van der Waals surface area contributed by atoms with E-state index in [1.165, 1.54) is 16.7 Å². The van der Waals surface area contributed by atoms with E-state index >= 15 is 0 Å². The molecule has 4 heteroatoms. The minimum absolute atomic E-state index is 0.272. The van der Waals surface area contributed by atoms with Crippen LogP contribution in [0.2, 0.25) is 0 Å². The van der Waals surface area contributed by atoms with Crippen LogP contribution in [0.1, 0.15) is 48.3 Å². The smallest absolute Gasteiger partial charge is 0.122 e. The van der Waals surface area contributed by atoms with Crippen LogP contribution in [-0.4, -0.2) is 38.6 Å². The van der Waals surface area contributed by atoms with E-state index in [1.807, 2.05) is 12.1 Å². The summed E-state index contributed by atoms with van der Waals surface area (Å²) in [5.74, 6) is 2.87. The number of ether oxygens (including phenoxy) is 4. The van der Waals surface area contributed by atoms with Gasteiger partial charge in [-0.3, -0.25) is 0 Å². The molecule has 2 aromatic carbocycles. The summed E-state index contributed by atoms with van der Waals surface area (Å²) < 4.78 is 22.2. The Morgan fingerprint density at radius 1 is 0.774 bits per heavy atom. The SMILES string of the molecule is CC(C)c1cc(C2C=CC(c3ccc(OCC4CO4)cc3)C=C2)ccc1OCC1CO1. The minimum atomic E-state index is 0.272. The Bertz CT molecular complexity index is 938. The molecule has 2 atom stereocenters. The lowest BCUT2D eigenvalue weighted by atomic mass is 9.86. The van der Waals surface area contributed by atoms with Gasteiger partial charge in [-0.25, -0.2) is 0 Å². The van der Waals surface area contributed by atoms with E-state index in [9.17, 15) is 0 Å². The van der Waals surface area contributed by atoms with Gasteiger partial charge in [-0.05, 0) is 40.8 Å². The number of hydrogen-bond donors (Lipinski definition) is 0. The van der Waals surface area contributed by atoms with Crippen molar-refractivity contribution in [3.8, 4) is 11.5 Å². The first-order valence-corrected chi connectivity index (χ1v) is 11.2. The quantitative estimate of drug-likeness (QED) is 0.406. The number of allylic oxidation sites excluding steroid dienone is 4. The van der Waals surface area contributed by atoms with Crippen molar-refractivity contribution in [1.82, 2.24) is 0 Å². The third-order valence-electron chi connectivity index (χ3n) is 6.02. The molecular weight excluding hydrogens is 388 g/mol. The maximum absolute atomic E-state index is 6.00. The largest absolute Gasteiger partial charge is 0.491 e. The average Bonchev–Trinajstić information content (AvgIpc) is 3.72. The van der Waals surface area contributed by atoms with Crippen molar-refractivity contribution in [1.29, 1.82) is 0 Å². The lowest BCUT2D eigenvalue weighted by Crippen LogP contribution is -2.08. The molecule has 0 radical (unpaired) electrons. The fourth-order valence-electron chi connectivity index (χ4n) is 3.90. The van der Waals surface area contributed by atoms with Gasteiger partial charge in [-0.1, -0.05) is 62.4 Å². The molecule has 1 aliphatic carbocycles. The van der Waals surface area contributed by atoms with Crippen LogP contribution in [0.3, 0.4) is 0 Å². The van der Waals surface area contributed by atoms with Crippen LogP contribution >= 0.6 is 0 Å². The van der Waals surface area contributed by atoms with Crippen LogP contribution in [0.5, 0.6) is 11.5 Å². The van der Waals surface area contributed by atoms with Gasteiger partial charge in [0.05, 0.1) is 13.2 Å². The van der Waals surface area contributed by atoms with E-state index in [-0.39, 0.29) is 18.1 Å². The predicted molar refractivity (Wildman–Crippen MR) is 121 cm³/mol. The lowest BCUT2D eigenvalue weighted by molar-refractivity contribution is 0.260. The highest BCUT2D eigenvalue weighted by Crippen LogP contribution is 2.35. The Balaban J connectivity index is 1.23. The van der Waals surface area contributed by atoms with Gasteiger partial charge in [0.25, 0.3) is 0 Å². The van der Waals surface area contributed by atoms with Crippen LogP contribution in [0.15, 0.2) is 66.8 Å². The highest BCUT2D eigenvalue weighted by molar-refractivity contribution is 5.45. The number of epoxide rings is 2. The Morgan fingerprint density at radius 2 is 1.32 bits per heavy atom. The molecule has 2 saturated heterocycles. The zero-order valence-corrected chi connectivity index (χ0v) is 18.2. The molecule has 4 nitrogen and oxygen atoms in total. The molecule has 0 amide bonds. The first-order valence-electron chi connectivity index (χ1n) is 11.2. The Morgan fingerprint density at radius 3 is 1.90 bits per heavy atom. The normalized spacial score (nSPS) is 26.2. The molecule has 0 spiro atoms.